The molecule has 118 valence electrons. The molecule has 6 nitrogen and oxygen atoms in total. The summed E-state index contributed by atoms with van der Waals surface area (Å²) in [5.74, 6) is 0.0713. The quantitative estimate of drug-likeness (QED) is 0.754. The standard InChI is InChI=1S/C18H15N5O/c1-2-23-18(24)15(11-20-23)21-14-10-16(13-6-4-3-5-7-13)22-9-8-19-12-17(14)22/h3-12H,2H2,1H3/p+1. The highest BCUT2D eigenvalue weighted by molar-refractivity contribution is 6.12. The number of aliphatic imine (C=N–C) groups is 1. The molecule has 0 spiro atoms. The van der Waals surface area contributed by atoms with Crippen LogP contribution in [-0.4, -0.2) is 25.6 Å². The Kier molecular flexibility index (Phi) is 3.42. The van der Waals surface area contributed by atoms with E-state index in [2.05, 4.69) is 27.2 Å². The van der Waals surface area contributed by atoms with E-state index in [1.807, 2.05) is 42.0 Å². The van der Waals surface area contributed by atoms with Gasteiger partial charge in [0.15, 0.2) is 6.20 Å². The zero-order chi connectivity index (χ0) is 16.5. The van der Waals surface area contributed by atoms with Gasteiger partial charge in [0.1, 0.15) is 17.6 Å². The van der Waals surface area contributed by atoms with Gasteiger partial charge >= 0.3 is 0 Å². The van der Waals surface area contributed by atoms with Gasteiger partial charge in [0.2, 0.25) is 11.6 Å². The van der Waals surface area contributed by atoms with Gasteiger partial charge in [-0.15, -0.1) is 0 Å². The van der Waals surface area contributed by atoms with Gasteiger partial charge in [-0.3, -0.25) is 4.98 Å². The zero-order valence-corrected chi connectivity index (χ0v) is 13.2. The maximum atomic E-state index is 10.2. The van der Waals surface area contributed by atoms with Crippen molar-refractivity contribution in [2.75, 3.05) is 0 Å². The maximum absolute atomic E-state index is 10.2. The Bertz CT molecular complexity index is 957. The molecule has 0 bridgehead atoms. The Morgan fingerprint density at radius 2 is 2.04 bits per heavy atom. The Morgan fingerprint density at radius 1 is 1.21 bits per heavy atom. The van der Waals surface area contributed by atoms with Crippen molar-refractivity contribution in [3.8, 4) is 5.88 Å². The first-order valence-corrected chi connectivity index (χ1v) is 7.75. The lowest BCUT2D eigenvalue weighted by atomic mass is 10.1. The summed E-state index contributed by atoms with van der Waals surface area (Å²) in [6.07, 6.45) is 8.99. The molecule has 1 aliphatic heterocycles. The second kappa shape index (κ2) is 5.73. The molecule has 0 aliphatic carbocycles. The molecule has 0 unspecified atom stereocenters. The van der Waals surface area contributed by atoms with E-state index >= 15 is 0 Å². The fourth-order valence-electron chi connectivity index (χ4n) is 2.76. The molecule has 0 fully saturated rings. The van der Waals surface area contributed by atoms with Crippen LogP contribution in [0.25, 0.3) is 5.70 Å². The van der Waals surface area contributed by atoms with Crippen molar-refractivity contribution in [3.63, 3.8) is 0 Å². The molecule has 1 aromatic carbocycles. The van der Waals surface area contributed by atoms with Crippen molar-refractivity contribution in [1.82, 2.24) is 14.8 Å². The largest absolute Gasteiger partial charge is 0.492 e. The van der Waals surface area contributed by atoms with Crippen molar-refractivity contribution in [2.45, 2.75) is 13.5 Å². The summed E-state index contributed by atoms with van der Waals surface area (Å²) >= 11 is 0. The van der Waals surface area contributed by atoms with Gasteiger partial charge in [-0.2, -0.15) is 9.67 Å². The molecule has 1 N–H and O–H groups in total. The van der Waals surface area contributed by atoms with E-state index in [9.17, 15) is 5.11 Å². The number of aromatic hydroxyl groups is 1. The number of hydrogen-bond donors (Lipinski definition) is 1. The van der Waals surface area contributed by atoms with Crippen molar-refractivity contribution in [2.24, 2.45) is 4.99 Å². The van der Waals surface area contributed by atoms with Crippen LogP contribution in [0.2, 0.25) is 0 Å². The Labute approximate surface area is 139 Å². The van der Waals surface area contributed by atoms with Crippen molar-refractivity contribution < 1.29 is 9.67 Å². The average molecular weight is 318 g/mol. The number of aryl methyl sites for hydroxylation is 1. The molecule has 0 saturated heterocycles. The SMILES string of the molecule is CCn1ncc(/N=C2\C=C(c3ccccc3)[n+]3ccncc32)c1O. The Morgan fingerprint density at radius 3 is 2.79 bits per heavy atom. The molecule has 3 aromatic rings. The predicted molar refractivity (Wildman–Crippen MR) is 90.0 cm³/mol. The highest BCUT2D eigenvalue weighted by Gasteiger charge is 2.30. The third-order valence-corrected chi connectivity index (χ3v) is 3.96. The first-order chi connectivity index (χ1) is 11.8. The number of hydrogen-bond acceptors (Lipinski definition) is 4. The van der Waals surface area contributed by atoms with Crippen LogP contribution in [0.3, 0.4) is 0 Å². The molecule has 0 saturated carbocycles. The highest BCUT2D eigenvalue weighted by atomic mass is 16.3. The molecular weight excluding hydrogens is 302 g/mol. The van der Waals surface area contributed by atoms with Crippen molar-refractivity contribution in [1.29, 1.82) is 0 Å². The van der Waals surface area contributed by atoms with Crippen LogP contribution in [0.15, 0.2) is 66.2 Å². The average Bonchev–Trinajstić information content (AvgIpc) is 3.17. The summed E-state index contributed by atoms with van der Waals surface area (Å²) in [6, 6.07) is 10.1. The van der Waals surface area contributed by atoms with Crippen LogP contribution in [-0.2, 0) is 6.54 Å². The second-order valence-electron chi connectivity index (χ2n) is 5.39. The minimum Gasteiger partial charge on any atom is -0.492 e. The van der Waals surface area contributed by atoms with E-state index < -0.39 is 0 Å². The molecule has 0 amide bonds. The molecule has 6 heteroatoms. The van der Waals surface area contributed by atoms with Gasteiger partial charge in [0.25, 0.3) is 5.69 Å². The van der Waals surface area contributed by atoms with Crippen molar-refractivity contribution >= 4 is 17.1 Å². The number of fused-ring (bicyclic) bond motifs is 1. The number of nitrogens with zero attached hydrogens (tertiary/aromatic N) is 5. The van der Waals surface area contributed by atoms with Gasteiger partial charge in [0, 0.05) is 18.2 Å². The summed E-state index contributed by atoms with van der Waals surface area (Å²) in [5.41, 5.74) is 4.18. The fourth-order valence-corrected chi connectivity index (χ4v) is 2.76. The summed E-state index contributed by atoms with van der Waals surface area (Å²) < 4.78 is 3.55. The summed E-state index contributed by atoms with van der Waals surface area (Å²) in [7, 11) is 0. The van der Waals surface area contributed by atoms with Gasteiger partial charge in [-0.05, 0) is 19.1 Å². The first kappa shape index (κ1) is 14.3. The van der Waals surface area contributed by atoms with E-state index in [1.165, 1.54) is 4.68 Å². The molecule has 4 rings (SSSR count). The molecule has 0 radical (unpaired) electrons. The van der Waals surface area contributed by atoms with E-state index in [0.29, 0.717) is 12.2 Å². The van der Waals surface area contributed by atoms with Crippen LogP contribution in [0.1, 0.15) is 18.2 Å². The van der Waals surface area contributed by atoms with E-state index in [-0.39, 0.29) is 5.88 Å². The molecule has 3 heterocycles. The predicted octanol–water partition coefficient (Wildman–Crippen LogP) is 2.31. The molecule has 2 aromatic heterocycles. The number of benzene rings is 1. The summed E-state index contributed by atoms with van der Waals surface area (Å²) in [4.78, 5) is 8.79. The molecule has 24 heavy (non-hydrogen) atoms. The third-order valence-electron chi connectivity index (χ3n) is 3.96. The van der Waals surface area contributed by atoms with Gasteiger partial charge < -0.3 is 5.11 Å². The zero-order valence-electron chi connectivity index (χ0n) is 13.2. The minimum atomic E-state index is 0.0713. The lowest BCUT2D eigenvalue weighted by Gasteiger charge is -1.98. The molecule has 1 aliphatic rings. The summed E-state index contributed by atoms with van der Waals surface area (Å²) in [5, 5.41) is 14.3. The number of rotatable bonds is 3. The van der Waals surface area contributed by atoms with Crippen molar-refractivity contribution in [3.05, 3.63) is 72.5 Å². The lowest BCUT2D eigenvalue weighted by molar-refractivity contribution is -0.578. The topological polar surface area (TPSA) is 67.2 Å². The Balaban J connectivity index is 1.85. The van der Waals surface area contributed by atoms with Crippen LogP contribution in [0.4, 0.5) is 5.69 Å². The maximum Gasteiger partial charge on any atom is 0.255 e. The van der Waals surface area contributed by atoms with Gasteiger partial charge in [0.05, 0.1) is 12.4 Å². The fraction of sp³-hybridized carbons (Fsp3) is 0.111. The molecule has 0 atom stereocenters. The normalized spacial score (nSPS) is 14.7. The monoisotopic (exact) mass is 318 g/mol. The molecular formula is C18H16N5O+. The third kappa shape index (κ3) is 2.28. The van der Waals surface area contributed by atoms with Crippen LogP contribution < -0.4 is 4.57 Å². The van der Waals surface area contributed by atoms with Crippen LogP contribution in [0, 0.1) is 0 Å². The van der Waals surface area contributed by atoms with E-state index in [1.54, 1.807) is 18.6 Å². The van der Waals surface area contributed by atoms with E-state index in [4.69, 9.17) is 0 Å². The second-order valence-corrected chi connectivity index (χ2v) is 5.39. The van der Waals surface area contributed by atoms with Gasteiger partial charge in [-0.25, -0.2) is 9.67 Å². The highest BCUT2D eigenvalue weighted by Crippen LogP contribution is 2.28. The first-order valence-electron chi connectivity index (χ1n) is 7.75. The number of allylic oxidation sites excluding steroid dienone is 1. The number of aromatic nitrogens is 4. The van der Waals surface area contributed by atoms with Gasteiger partial charge in [-0.1, -0.05) is 18.2 Å². The smallest absolute Gasteiger partial charge is 0.255 e. The van der Waals surface area contributed by atoms with Crippen LogP contribution >= 0.6 is 0 Å². The van der Waals surface area contributed by atoms with E-state index in [0.717, 1.165) is 22.7 Å². The lowest BCUT2D eigenvalue weighted by Crippen LogP contribution is -2.34. The summed E-state index contributed by atoms with van der Waals surface area (Å²) in [6.45, 7) is 2.51. The Hall–Kier alpha value is -3.28. The minimum absolute atomic E-state index is 0.0713. The van der Waals surface area contributed by atoms with Crippen LogP contribution in [0.5, 0.6) is 5.88 Å².